The average Bonchev–Trinajstić information content (AvgIpc) is 3.53. The summed E-state index contributed by atoms with van der Waals surface area (Å²) >= 11 is 0. The molecular weight excluding hydrogens is 344 g/mol. The predicted molar refractivity (Wildman–Crippen MR) is 97.9 cm³/mol. The van der Waals surface area contributed by atoms with Crippen molar-refractivity contribution in [1.29, 1.82) is 0 Å². The van der Waals surface area contributed by atoms with Gasteiger partial charge < -0.3 is 10.6 Å². The van der Waals surface area contributed by atoms with Gasteiger partial charge in [-0.1, -0.05) is 0 Å². The van der Waals surface area contributed by atoms with Gasteiger partial charge in [0.25, 0.3) is 11.8 Å². The molecule has 3 heterocycles. The Labute approximate surface area is 155 Å². The molecule has 27 heavy (non-hydrogen) atoms. The Hall–Kier alpha value is -3.68. The van der Waals surface area contributed by atoms with Gasteiger partial charge in [-0.05, 0) is 31.0 Å². The molecule has 8 nitrogen and oxygen atoms in total. The van der Waals surface area contributed by atoms with Crippen LogP contribution in [0.15, 0.2) is 55.5 Å². The fraction of sp³-hybridized carbons (Fsp3) is 0.158. The van der Waals surface area contributed by atoms with Crippen LogP contribution < -0.4 is 10.6 Å². The van der Waals surface area contributed by atoms with E-state index in [-0.39, 0.29) is 23.6 Å². The summed E-state index contributed by atoms with van der Waals surface area (Å²) in [6, 6.07) is 5.04. The Balaban J connectivity index is 1.56. The van der Waals surface area contributed by atoms with E-state index in [9.17, 15) is 9.59 Å². The number of hydrogen-bond acceptors (Lipinski definition) is 6. The molecule has 1 fully saturated rings. The number of anilines is 1. The van der Waals surface area contributed by atoms with Crippen LogP contribution in [-0.4, -0.2) is 37.8 Å². The van der Waals surface area contributed by atoms with Crippen molar-refractivity contribution in [3.63, 3.8) is 0 Å². The number of pyridine rings is 2. The van der Waals surface area contributed by atoms with Crippen molar-refractivity contribution in [1.82, 2.24) is 25.3 Å². The molecule has 134 valence electrons. The maximum absolute atomic E-state index is 12.7. The zero-order valence-corrected chi connectivity index (χ0v) is 14.3. The highest BCUT2D eigenvalue weighted by Gasteiger charge is 2.24. The van der Waals surface area contributed by atoms with Gasteiger partial charge in [0.05, 0.1) is 11.9 Å². The summed E-state index contributed by atoms with van der Waals surface area (Å²) < 4.78 is 0. The number of carbonyl (C=O) groups excluding carboxylic acids is 2. The first-order valence-electron chi connectivity index (χ1n) is 8.48. The van der Waals surface area contributed by atoms with Crippen molar-refractivity contribution in [2.45, 2.75) is 18.9 Å². The van der Waals surface area contributed by atoms with Gasteiger partial charge in [-0.25, -0.2) is 9.97 Å². The number of nitrogens with zero attached hydrogens (tertiary/aromatic N) is 4. The lowest BCUT2D eigenvalue weighted by molar-refractivity contribution is 0.0946. The first kappa shape index (κ1) is 16.8. The summed E-state index contributed by atoms with van der Waals surface area (Å²) in [6.45, 7) is 0. The first-order valence-corrected chi connectivity index (χ1v) is 8.48. The lowest BCUT2D eigenvalue weighted by Gasteiger charge is -2.11. The first-order chi connectivity index (χ1) is 13.2. The highest BCUT2D eigenvalue weighted by atomic mass is 16.2. The van der Waals surface area contributed by atoms with E-state index >= 15 is 0 Å². The molecule has 2 N–H and O–H groups in total. The fourth-order valence-corrected chi connectivity index (χ4v) is 2.56. The second-order valence-electron chi connectivity index (χ2n) is 6.18. The standard InChI is InChI=1S/C19H16N6O2/c26-18(12-3-6-23-16(7-12)19(27)24-14-1-2-14)25-17-10-20-5-4-15(17)13-8-21-11-22-9-13/h3-11,14H,1-2H2,(H,24,27)(H,25,26). The number of rotatable bonds is 5. The summed E-state index contributed by atoms with van der Waals surface area (Å²) in [5.74, 6) is -0.625. The van der Waals surface area contributed by atoms with E-state index < -0.39 is 0 Å². The zero-order valence-electron chi connectivity index (χ0n) is 14.3. The van der Waals surface area contributed by atoms with Crippen LogP contribution in [0.1, 0.15) is 33.7 Å². The van der Waals surface area contributed by atoms with Crippen LogP contribution in [0.3, 0.4) is 0 Å². The lowest BCUT2D eigenvalue weighted by Crippen LogP contribution is -2.26. The van der Waals surface area contributed by atoms with Gasteiger partial charge in [0, 0.05) is 47.5 Å². The van der Waals surface area contributed by atoms with Gasteiger partial charge in [0.15, 0.2) is 0 Å². The molecule has 1 aliphatic carbocycles. The molecule has 0 aromatic carbocycles. The SMILES string of the molecule is O=C(Nc1cnccc1-c1cncnc1)c1ccnc(C(=O)NC2CC2)c1. The number of hydrogen-bond donors (Lipinski definition) is 2. The topological polar surface area (TPSA) is 110 Å². The van der Waals surface area contributed by atoms with Gasteiger partial charge in [-0.15, -0.1) is 0 Å². The Kier molecular flexibility index (Phi) is 4.52. The Morgan fingerprint density at radius 3 is 2.56 bits per heavy atom. The molecule has 0 radical (unpaired) electrons. The van der Waals surface area contributed by atoms with Gasteiger partial charge in [0.2, 0.25) is 0 Å². The van der Waals surface area contributed by atoms with Gasteiger partial charge >= 0.3 is 0 Å². The maximum Gasteiger partial charge on any atom is 0.270 e. The van der Waals surface area contributed by atoms with Crippen molar-refractivity contribution in [2.75, 3.05) is 5.32 Å². The van der Waals surface area contributed by atoms with Crippen LogP contribution in [0.5, 0.6) is 0 Å². The van der Waals surface area contributed by atoms with E-state index in [1.54, 1.807) is 36.9 Å². The molecule has 4 rings (SSSR count). The molecule has 3 aromatic heterocycles. The minimum Gasteiger partial charge on any atom is -0.348 e. The summed E-state index contributed by atoms with van der Waals surface area (Å²) in [5, 5.41) is 5.69. The van der Waals surface area contributed by atoms with Crippen molar-refractivity contribution >= 4 is 17.5 Å². The monoisotopic (exact) mass is 360 g/mol. The van der Waals surface area contributed by atoms with Crippen molar-refractivity contribution in [3.8, 4) is 11.1 Å². The molecule has 0 bridgehead atoms. The van der Waals surface area contributed by atoms with Gasteiger partial charge in [0.1, 0.15) is 12.0 Å². The molecule has 0 saturated heterocycles. The van der Waals surface area contributed by atoms with Crippen LogP contribution in [0.4, 0.5) is 5.69 Å². The number of carbonyl (C=O) groups is 2. The molecule has 0 unspecified atom stereocenters. The van der Waals surface area contributed by atoms with E-state index in [2.05, 4.69) is 30.6 Å². The van der Waals surface area contributed by atoms with E-state index in [1.165, 1.54) is 18.6 Å². The third kappa shape index (κ3) is 3.95. The number of aromatic nitrogens is 4. The van der Waals surface area contributed by atoms with E-state index in [4.69, 9.17) is 0 Å². The second-order valence-corrected chi connectivity index (χ2v) is 6.18. The molecule has 1 aliphatic rings. The number of nitrogens with one attached hydrogen (secondary N) is 2. The minimum atomic E-state index is -0.357. The van der Waals surface area contributed by atoms with Crippen LogP contribution >= 0.6 is 0 Å². The van der Waals surface area contributed by atoms with E-state index in [0.29, 0.717) is 11.3 Å². The van der Waals surface area contributed by atoms with Crippen LogP contribution in [0, 0.1) is 0 Å². The average molecular weight is 360 g/mol. The summed E-state index contributed by atoms with van der Waals surface area (Å²) in [5.41, 5.74) is 2.59. The summed E-state index contributed by atoms with van der Waals surface area (Å²) in [4.78, 5) is 40.9. The molecular formula is C19H16N6O2. The highest BCUT2D eigenvalue weighted by Crippen LogP contribution is 2.26. The highest BCUT2D eigenvalue weighted by molar-refractivity contribution is 6.07. The molecule has 0 aliphatic heterocycles. The summed E-state index contributed by atoms with van der Waals surface area (Å²) in [6.07, 6.45) is 11.4. The molecule has 2 amide bonds. The molecule has 3 aromatic rings. The van der Waals surface area contributed by atoms with Gasteiger partial charge in [-0.2, -0.15) is 0 Å². The molecule has 0 spiro atoms. The van der Waals surface area contributed by atoms with E-state index in [0.717, 1.165) is 24.0 Å². The second kappa shape index (κ2) is 7.28. The molecule has 1 saturated carbocycles. The van der Waals surface area contributed by atoms with Crippen LogP contribution in [-0.2, 0) is 0 Å². The predicted octanol–water partition coefficient (Wildman–Crippen LogP) is 2.08. The summed E-state index contributed by atoms with van der Waals surface area (Å²) in [7, 11) is 0. The largest absolute Gasteiger partial charge is 0.348 e. The van der Waals surface area contributed by atoms with Crippen LogP contribution in [0.25, 0.3) is 11.1 Å². The maximum atomic E-state index is 12.7. The number of amides is 2. The zero-order chi connectivity index (χ0) is 18.6. The normalized spacial score (nSPS) is 13.0. The van der Waals surface area contributed by atoms with E-state index in [1.807, 2.05) is 0 Å². The Morgan fingerprint density at radius 1 is 0.963 bits per heavy atom. The van der Waals surface area contributed by atoms with Gasteiger partial charge in [-0.3, -0.25) is 19.6 Å². The van der Waals surface area contributed by atoms with Crippen molar-refractivity contribution in [3.05, 3.63) is 66.8 Å². The van der Waals surface area contributed by atoms with Crippen LogP contribution in [0.2, 0.25) is 0 Å². The molecule has 0 atom stereocenters. The van der Waals surface area contributed by atoms with Crippen molar-refractivity contribution < 1.29 is 9.59 Å². The third-order valence-electron chi connectivity index (χ3n) is 4.11. The Bertz CT molecular complexity index is 988. The fourth-order valence-electron chi connectivity index (χ4n) is 2.56. The smallest absolute Gasteiger partial charge is 0.270 e. The van der Waals surface area contributed by atoms with Crippen molar-refractivity contribution in [2.24, 2.45) is 0 Å². The lowest BCUT2D eigenvalue weighted by atomic mass is 10.1. The molecule has 8 heteroatoms. The quantitative estimate of drug-likeness (QED) is 0.721. The minimum absolute atomic E-state index is 0.220. The third-order valence-corrected chi connectivity index (χ3v) is 4.11. The Morgan fingerprint density at radius 2 is 1.78 bits per heavy atom.